The lowest BCUT2D eigenvalue weighted by Gasteiger charge is -2.35. The van der Waals surface area contributed by atoms with Crippen LogP contribution in [0.3, 0.4) is 0 Å². The maximum absolute atomic E-state index is 12.4. The van der Waals surface area contributed by atoms with Crippen LogP contribution in [0, 0.1) is 6.92 Å². The molecule has 1 aliphatic heterocycles. The van der Waals surface area contributed by atoms with E-state index in [4.69, 9.17) is 18.0 Å². The predicted molar refractivity (Wildman–Crippen MR) is 81.0 cm³/mol. The molecule has 102 valence electrons. The number of hydrogen-bond donors (Lipinski definition) is 1. The zero-order chi connectivity index (χ0) is 13.8. The minimum atomic E-state index is -0.0553. The summed E-state index contributed by atoms with van der Waals surface area (Å²) in [6, 6.07) is 7.94. The van der Waals surface area contributed by atoms with Crippen LogP contribution >= 0.6 is 12.2 Å². The zero-order valence-electron chi connectivity index (χ0n) is 11.3. The molecule has 0 aliphatic carbocycles. The Kier molecular flexibility index (Phi) is 4.53. The van der Waals surface area contributed by atoms with Crippen LogP contribution < -0.4 is 5.73 Å². The fourth-order valence-electron chi connectivity index (χ4n) is 2.60. The van der Waals surface area contributed by atoms with E-state index in [9.17, 15) is 4.79 Å². The van der Waals surface area contributed by atoms with Crippen molar-refractivity contribution < 1.29 is 4.79 Å². The van der Waals surface area contributed by atoms with Crippen molar-refractivity contribution in [3.05, 3.63) is 35.4 Å². The Balaban J connectivity index is 2.10. The predicted octanol–water partition coefficient (Wildman–Crippen LogP) is 2.20. The first-order valence-electron chi connectivity index (χ1n) is 6.73. The molecule has 1 fully saturated rings. The van der Waals surface area contributed by atoms with E-state index in [-0.39, 0.29) is 11.9 Å². The number of amides is 1. The van der Waals surface area contributed by atoms with Gasteiger partial charge in [-0.1, -0.05) is 36.5 Å². The third-order valence-corrected chi connectivity index (χ3v) is 4.03. The first-order chi connectivity index (χ1) is 9.09. The molecule has 0 bridgehead atoms. The summed E-state index contributed by atoms with van der Waals surface area (Å²) >= 11 is 5.09. The van der Waals surface area contributed by atoms with E-state index in [0.29, 0.717) is 11.4 Å². The number of hydrogen-bond acceptors (Lipinski definition) is 2. The van der Waals surface area contributed by atoms with Gasteiger partial charge in [-0.25, -0.2) is 0 Å². The van der Waals surface area contributed by atoms with Crippen molar-refractivity contribution in [3.63, 3.8) is 0 Å². The summed E-state index contributed by atoms with van der Waals surface area (Å²) in [5.41, 5.74) is 7.99. The van der Waals surface area contributed by atoms with Gasteiger partial charge in [0.2, 0.25) is 5.91 Å². The highest BCUT2D eigenvalue weighted by molar-refractivity contribution is 7.80. The molecule has 2 N–H and O–H groups in total. The maximum Gasteiger partial charge on any atom is 0.227 e. The minimum absolute atomic E-state index is 0.0553. The number of carbonyl (C=O) groups is 1. The van der Waals surface area contributed by atoms with E-state index in [1.165, 1.54) is 0 Å². The van der Waals surface area contributed by atoms with Crippen LogP contribution in [-0.4, -0.2) is 28.4 Å². The highest BCUT2D eigenvalue weighted by Crippen LogP contribution is 2.19. The van der Waals surface area contributed by atoms with E-state index in [1.54, 1.807) is 0 Å². The number of aryl methyl sites for hydroxylation is 1. The van der Waals surface area contributed by atoms with Crippen molar-refractivity contribution in [2.75, 3.05) is 6.54 Å². The molecular formula is C15H20N2OS. The molecule has 1 saturated heterocycles. The molecule has 3 nitrogen and oxygen atoms in total. The van der Waals surface area contributed by atoms with Crippen LogP contribution in [0.2, 0.25) is 0 Å². The van der Waals surface area contributed by atoms with E-state index in [2.05, 4.69) is 0 Å². The quantitative estimate of drug-likeness (QED) is 0.861. The lowest BCUT2D eigenvalue weighted by molar-refractivity contribution is -0.132. The van der Waals surface area contributed by atoms with Gasteiger partial charge in [-0.3, -0.25) is 4.79 Å². The molecule has 1 heterocycles. The summed E-state index contributed by atoms with van der Waals surface area (Å²) in [7, 11) is 0. The summed E-state index contributed by atoms with van der Waals surface area (Å²) < 4.78 is 0. The van der Waals surface area contributed by atoms with Gasteiger partial charge in [0, 0.05) is 6.54 Å². The summed E-state index contributed by atoms with van der Waals surface area (Å²) in [6.07, 6.45) is 3.47. The molecule has 1 unspecified atom stereocenters. The fraction of sp³-hybridized carbons (Fsp3) is 0.467. The number of thiocarbonyl (C=S) groups is 1. The van der Waals surface area contributed by atoms with Gasteiger partial charge in [0.15, 0.2) is 0 Å². The fourth-order valence-corrected chi connectivity index (χ4v) is 2.84. The van der Waals surface area contributed by atoms with Crippen molar-refractivity contribution in [2.45, 2.75) is 38.6 Å². The van der Waals surface area contributed by atoms with Gasteiger partial charge in [-0.2, -0.15) is 0 Å². The molecule has 19 heavy (non-hydrogen) atoms. The Morgan fingerprint density at radius 3 is 2.84 bits per heavy atom. The van der Waals surface area contributed by atoms with Gasteiger partial charge >= 0.3 is 0 Å². The van der Waals surface area contributed by atoms with Crippen molar-refractivity contribution in [1.29, 1.82) is 0 Å². The van der Waals surface area contributed by atoms with Gasteiger partial charge in [-0.05, 0) is 37.3 Å². The smallest absolute Gasteiger partial charge is 0.227 e. The number of benzene rings is 1. The number of rotatable bonds is 3. The van der Waals surface area contributed by atoms with Gasteiger partial charge in [0.25, 0.3) is 0 Å². The van der Waals surface area contributed by atoms with Crippen LogP contribution in [0.1, 0.15) is 30.4 Å². The molecule has 2 rings (SSSR count). The first kappa shape index (κ1) is 14.0. The first-order valence-corrected chi connectivity index (χ1v) is 7.13. The molecule has 1 aromatic rings. The Morgan fingerprint density at radius 2 is 2.16 bits per heavy atom. The van der Waals surface area contributed by atoms with Crippen molar-refractivity contribution >= 4 is 23.1 Å². The highest BCUT2D eigenvalue weighted by atomic mass is 32.1. The number of piperidine rings is 1. The monoisotopic (exact) mass is 276 g/mol. The number of nitrogens with zero attached hydrogens (tertiary/aromatic N) is 1. The minimum Gasteiger partial charge on any atom is -0.392 e. The average molecular weight is 276 g/mol. The Hall–Kier alpha value is -1.42. The largest absolute Gasteiger partial charge is 0.392 e. The van der Waals surface area contributed by atoms with E-state index < -0.39 is 0 Å². The second-order valence-corrected chi connectivity index (χ2v) is 5.58. The van der Waals surface area contributed by atoms with E-state index in [1.807, 2.05) is 36.1 Å². The lowest BCUT2D eigenvalue weighted by atomic mass is 9.99. The zero-order valence-corrected chi connectivity index (χ0v) is 12.1. The molecule has 4 heteroatoms. The van der Waals surface area contributed by atoms with Crippen molar-refractivity contribution in [1.82, 2.24) is 4.90 Å². The maximum atomic E-state index is 12.4. The van der Waals surface area contributed by atoms with Crippen molar-refractivity contribution in [2.24, 2.45) is 5.73 Å². The molecule has 1 amide bonds. The molecule has 1 aromatic carbocycles. The number of nitrogens with two attached hydrogens (primary N) is 1. The summed E-state index contributed by atoms with van der Waals surface area (Å²) in [6.45, 7) is 2.80. The van der Waals surface area contributed by atoms with Gasteiger partial charge in [0.1, 0.15) is 0 Å². The topological polar surface area (TPSA) is 46.3 Å². The third-order valence-electron chi connectivity index (χ3n) is 3.75. The molecule has 1 aliphatic rings. The standard InChI is InChI=1S/C15H20N2OS/c1-11-6-2-3-7-12(11)10-14(18)17-9-5-4-8-13(17)15(16)19/h2-3,6-7,13H,4-5,8-10H2,1H3,(H2,16,19). The summed E-state index contributed by atoms with van der Waals surface area (Å²) in [4.78, 5) is 14.7. The molecule has 0 saturated carbocycles. The van der Waals surface area contributed by atoms with Gasteiger partial charge in [-0.15, -0.1) is 0 Å². The second-order valence-electron chi connectivity index (χ2n) is 5.10. The Labute approximate surface area is 119 Å². The third kappa shape index (κ3) is 3.32. The van der Waals surface area contributed by atoms with E-state index in [0.717, 1.165) is 36.9 Å². The summed E-state index contributed by atoms with van der Waals surface area (Å²) in [5, 5.41) is 0. The second kappa shape index (κ2) is 6.15. The van der Waals surface area contributed by atoms with Crippen LogP contribution in [0.25, 0.3) is 0 Å². The van der Waals surface area contributed by atoms with Gasteiger partial charge < -0.3 is 10.6 Å². The molecule has 0 radical (unpaired) electrons. The molecule has 0 spiro atoms. The number of carbonyl (C=O) groups excluding carboxylic acids is 1. The van der Waals surface area contributed by atoms with Crippen LogP contribution in [0.5, 0.6) is 0 Å². The molecular weight excluding hydrogens is 256 g/mol. The number of likely N-dealkylation sites (tertiary alicyclic amines) is 1. The van der Waals surface area contributed by atoms with Crippen LogP contribution in [0.4, 0.5) is 0 Å². The highest BCUT2D eigenvalue weighted by Gasteiger charge is 2.28. The average Bonchev–Trinajstić information content (AvgIpc) is 2.41. The Bertz CT molecular complexity index is 487. The van der Waals surface area contributed by atoms with Crippen molar-refractivity contribution in [3.8, 4) is 0 Å². The van der Waals surface area contributed by atoms with E-state index >= 15 is 0 Å². The Morgan fingerprint density at radius 1 is 1.42 bits per heavy atom. The van der Waals surface area contributed by atoms with Crippen LogP contribution in [0.15, 0.2) is 24.3 Å². The molecule has 0 aromatic heterocycles. The van der Waals surface area contributed by atoms with Crippen LogP contribution in [-0.2, 0) is 11.2 Å². The van der Waals surface area contributed by atoms with Gasteiger partial charge in [0.05, 0.1) is 17.5 Å². The SMILES string of the molecule is Cc1ccccc1CC(=O)N1CCCCC1C(N)=S. The lowest BCUT2D eigenvalue weighted by Crippen LogP contribution is -2.50. The normalized spacial score (nSPS) is 19.2. The summed E-state index contributed by atoms with van der Waals surface area (Å²) in [5.74, 6) is 0.131. The molecule has 1 atom stereocenters.